The van der Waals surface area contributed by atoms with Gasteiger partial charge in [0, 0.05) is 25.3 Å². The number of nitrogens with one attached hydrogen (secondary N) is 2. The second-order valence-electron chi connectivity index (χ2n) is 5.63. The molecule has 8 nitrogen and oxygen atoms in total. The van der Waals surface area contributed by atoms with Crippen molar-refractivity contribution in [1.82, 2.24) is 20.2 Å². The molecule has 3 amide bonds. The largest absolute Gasteiger partial charge is 0.459 e. The van der Waals surface area contributed by atoms with Crippen LogP contribution in [-0.4, -0.2) is 45.9 Å². The summed E-state index contributed by atoms with van der Waals surface area (Å²) >= 11 is 0. The van der Waals surface area contributed by atoms with Gasteiger partial charge in [-0.2, -0.15) is 0 Å². The zero-order valence-corrected chi connectivity index (χ0v) is 13.4. The van der Waals surface area contributed by atoms with Crippen molar-refractivity contribution >= 4 is 17.8 Å². The molecule has 0 aromatic carbocycles. The number of piperidine rings is 1. The number of amides is 3. The van der Waals surface area contributed by atoms with E-state index in [0.717, 1.165) is 0 Å². The highest BCUT2D eigenvalue weighted by molar-refractivity contribution is 5.91. The van der Waals surface area contributed by atoms with Gasteiger partial charge in [0.2, 0.25) is 0 Å². The number of likely N-dealkylation sites (tertiary alicyclic amines) is 1. The van der Waals surface area contributed by atoms with Crippen LogP contribution >= 0.6 is 0 Å². The molecule has 1 saturated heterocycles. The maximum atomic E-state index is 12.2. The summed E-state index contributed by atoms with van der Waals surface area (Å²) < 4.78 is 5.13. The zero-order valence-electron chi connectivity index (χ0n) is 13.4. The Hall–Kier alpha value is -2.90. The number of carbonyl (C=O) groups excluding carboxylic acids is 2. The van der Waals surface area contributed by atoms with Crippen LogP contribution in [0.25, 0.3) is 0 Å². The van der Waals surface area contributed by atoms with Gasteiger partial charge >= 0.3 is 6.03 Å². The number of furan rings is 1. The Kier molecular flexibility index (Phi) is 4.74. The highest BCUT2D eigenvalue weighted by Crippen LogP contribution is 2.14. The molecule has 8 heteroatoms. The van der Waals surface area contributed by atoms with Crippen molar-refractivity contribution in [2.75, 3.05) is 18.4 Å². The minimum Gasteiger partial charge on any atom is -0.459 e. The molecule has 0 bridgehead atoms. The van der Waals surface area contributed by atoms with E-state index in [1.165, 1.54) is 6.26 Å². The van der Waals surface area contributed by atoms with E-state index in [1.54, 1.807) is 36.2 Å². The Morgan fingerprint density at radius 3 is 2.75 bits per heavy atom. The third kappa shape index (κ3) is 3.89. The van der Waals surface area contributed by atoms with E-state index in [0.29, 0.717) is 43.3 Å². The Labute approximate surface area is 139 Å². The second-order valence-corrected chi connectivity index (χ2v) is 5.63. The number of carbonyl (C=O) groups is 2. The molecular formula is C16H19N5O3. The van der Waals surface area contributed by atoms with Gasteiger partial charge in [0.25, 0.3) is 5.91 Å². The predicted octanol–water partition coefficient (Wildman–Crippen LogP) is 1.80. The number of nitrogens with zero attached hydrogens (tertiary/aromatic N) is 3. The van der Waals surface area contributed by atoms with Gasteiger partial charge in [-0.05, 0) is 38.0 Å². The van der Waals surface area contributed by atoms with Gasteiger partial charge in [0.1, 0.15) is 11.6 Å². The molecule has 0 atom stereocenters. The van der Waals surface area contributed by atoms with Crippen molar-refractivity contribution in [3.8, 4) is 0 Å². The average Bonchev–Trinajstić information content (AvgIpc) is 3.09. The standard InChI is InChI=1S/C16H19N5O3/c1-11-17-7-4-14(18-11)20-16(23)19-12-5-8-21(9-6-12)15(22)13-3-2-10-24-13/h2-4,7,10,12H,5-6,8-9H2,1H3,(H2,17,18,19,20,23). The second kappa shape index (κ2) is 7.12. The fourth-order valence-electron chi connectivity index (χ4n) is 2.65. The molecule has 126 valence electrons. The number of anilines is 1. The lowest BCUT2D eigenvalue weighted by atomic mass is 10.1. The zero-order chi connectivity index (χ0) is 16.9. The highest BCUT2D eigenvalue weighted by Gasteiger charge is 2.25. The van der Waals surface area contributed by atoms with Crippen LogP contribution in [-0.2, 0) is 0 Å². The van der Waals surface area contributed by atoms with E-state index in [9.17, 15) is 9.59 Å². The first-order valence-corrected chi connectivity index (χ1v) is 7.82. The maximum Gasteiger partial charge on any atom is 0.320 e. The van der Waals surface area contributed by atoms with Crippen molar-refractivity contribution in [2.45, 2.75) is 25.8 Å². The number of aromatic nitrogens is 2. The van der Waals surface area contributed by atoms with Gasteiger partial charge in [-0.15, -0.1) is 0 Å². The van der Waals surface area contributed by atoms with Gasteiger partial charge < -0.3 is 14.6 Å². The predicted molar refractivity (Wildman–Crippen MR) is 86.6 cm³/mol. The summed E-state index contributed by atoms with van der Waals surface area (Å²) in [6.45, 7) is 2.92. The minimum atomic E-state index is -0.302. The molecule has 0 unspecified atom stereocenters. The SMILES string of the molecule is Cc1nccc(NC(=O)NC2CCN(C(=O)c3ccco3)CC2)n1. The summed E-state index contributed by atoms with van der Waals surface area (Å²) in [5.74, 6) is 1.29. The van der Waals surface area contributed by atoms with Crippen molar-refractivity contribution in [3.63, 3.8) is 0 Å². The van der Waals surface area contributed by atoms with Crippen LogP contribution in [0.1, 0.15) is 29.2 Å². The Balaban J connectivity index is 1.47. The lowest BCUT2D eigenvalue weighted by molar-refractivity contribution is 0.0676. The van der Waals surface area contributed by atoms with Crippen LogP contribution in [0.2, 0.25) is 0 Å². The summed E-state index contributed by atoms with van der Waals surface area (Å²) in [5, 5.41) is 5.60. The van der Waals surface area contributed by atoms with E-state index in [-0.39, 0.29) is 18.0 Å². The number of rotatable bonds is 3. The number of urea groups is 1. The Morgan fingerprint density at radius 2 is 2.08 bits per heavy atom. The summed E-state index contributed by atoms with van der Waals surface area (Å²) in [6, 6.07) is 4.71. The quantitative estimate of drug-likeness (QED) is 0.894. The lowest BCUT2D eigenvalue weighted by Crippen LogP contribution is -2.47. The smallest absolute Gasteiger partial charge is 0.320 e. The van der Waals surface area contributed by atoms with Crippen molar-refractivity contribution < 1.29 is 14.0 Å². The van der Waals surface area contributed by atoms with E-state index in [4.69, 9.17) is 4.42 Å². The maximum absolute atomic E-state index is 12.2. The molecule has 2 aromatic rings. The van der Waals surface area contributed by atoms with Gasteiger partial charge in [-0.1, -0.05) is 0 Å². The molecule has 1 fully saturated rings. The lowest BCUT2D eigenvalue weighted by Gasteiger charge is -2.31. The highest BCUT2D eigenvalue weighted by atomic mass is 16.3. The van der Waals surface area contributed by atoms with Crippen molar-refractivity contribution in [1.29, 1.82) is 0 Å². The number of aryl methyl sites for hydroxylation is 1. The number of hydrogen-bond acceptors (Lipinski definition) is 5. The molecule has 1 aliphatic heterocycles. The van der Waals surface area contributed by atoms with Crippen molar-refractivity contribution in [2.24, 2.45) is 0 Å². The van der Waals surface area contributed by atoms with Crippen LogP contribution < -0.4 is 10.6 Å². The van der Waals surface area contributed by atoms with E-state index < -0.39 is 0 Å². The molecular weight excluding hydrogens is 310 g/mol. The summed E-state index contributed by atoms with van der Waals surface area (Å²) in [4.78, 5) is 34.0. The molecule has 0 saturated carbocycles. The third-order valence-electron chi connectivity index (χ3n) is 3.87. The van der Waals surface area contributed by atoms with Gasteiger partial charge in [-0.25, -0.2) is 14.8 Å². The molecule has 0 spiro atoms. The van der Waals surface area contributed by atoms with Crippen LogP contribution in [0.15, 0.2) is 35.1 Å². The third-order valence-corrected chi connectivity index (χ3v) is 3.87. The fraction of sp³-hybridized carbons (Fsp3) is 0.375. The van der Waals surface area contributed by atoms with Crippen molar-refractivity contribution in [3.05, 3.63) is 42.2 Å². The summed E-state index contributed by atoms with van der Waals surface area (Å²) in [7, 11) is 0. The first-order chi connectivity index (χ1) is 11.6. The molecule has 3 rings (SSSR count). The summed E-state index contributed by atoms with van der Waals surface area (Å²) in [5.41, 5.74) is 0. The van der Waals surface area contributed by atoms with Gasteiger partial charge in [0.05, 0.1) is 6.26 Å². The van der Waals surface area contributed by atoms with Gasteiger partial charge in [-0.3, -0.25) is 10.1 Å². The average molecular weight is 329 g/mol. The normalized spacial score (nSPS) is 15.1. The number of hydrogen-bond donors (Lipinski definition) is 2. The van der Waals surface area contributed by atoms with Crippen LogP contribution in [0.4, 0.5) is 10.6 Å². The Bertz CT molecular complexity index is 708. The first-order valence-electron chi connectivity index (χ1n) is 7.82. The molecule has 1 aliphatic rings. The van der Waals surface area contributed by atoms with Crippen LogP contribution in [0.3, 0.4) is 0 Å². The van der Waals surface area contributed by atoms with E-state index in [1.807, 2.05) is 0 Å². The first kappa shape index (κ1) is 16.0. The van der Waals surface area contributed by atoms with Crippen LogP contribution in [0.5, 0.6) is 0 Å². The summed E-state index contributed by atoms with van der Waals surface area (Å²) in [6.07, 6.45) is 4.47. The fourth-order valence-corrected chi connectivity index (χ4v) is 2.65. The molecule has 0 aliphatic carbocycles. The van der Waals surface area contributed by atoms with Gasteiger partial charge in [0.15, 0.2) is 5.76 Å². The molecule has 24 heavy (non-hydrogen) atoms. The molecule has 2 aromatic heterocycles. The monoisotopic (exact) mass is 329 g/mol. The van der Waals surface area contributed by atoms with E-state index in [2.05, 4.69) is 20.6 Å². The molecule has 2 N–H and O–H groups in total. The van der Waals surface area contributed by atoms with E-state index >= 15 is 0 Å². The molecule has 0 radical (unpaired) electrons. The topological polar surface area (TPSA) is 100 Å². The van der Waals surface area contributed by atoms with Crippen LogP contribution in [0, 0.1) is 6.92 Å². The molecule has 3 heterocycles. The minimum absolute atomic E-state index is 0.0218. The Morgan fingerprint density at radius 1 is 1.29 bits per heavy atom.